The van der Waals surface area contributed by atoms with Crippen LogP contribution in [0.1, 0.15) is 19.2 Å². The van der Waals surface area contributed by atoms with E-state index in [4.69, 9.17) is 33.4 Å². The van der Waals surface area contributed by atoms with Gasteiger partial charge in [0, 0.05) is 36.0 Å². The first-order valence-electron chi connectivity index (χ1n) is 6.89. The van der Waals surface area contributed by atoms with E-state index in [9.17, 15) is 4.79 Å². The average molecular weight is 415 g/mol. The van der Waals surface area contributed by atoms with E-state index < -0.39 is 0 Å². The maximum Gasteiger partial charge on any atom is 0.220 e. The highest BCUT2D eigenvalue weighted by molar-refractivity contribution is 6.36. The molecule has 24 heavy (non-hydrogen) atoms. The first kappa shape index (κ1) is 23.0. The van der Waals surface area contributed by atoms with Gasteiger partial charge < -0.3 is 15.5 Å². The Labute approximate surface area is 163 Å². The fourth-order valence-electron chi connectivity index (χ4n) is 1.87. The van der Waals surface area contributed by atoms with E-state index >= 15 is 0 Å². The Morgan fingerprint density at radius 3 is 2.71 bits per heavy atom. The number of nitrogens with two attached hydrogens (primary N) is 1. The first-order valence-corrected chi connectivity index (χ1v) is 7.64. The Hall–Kier alpha value is -0.980. The van der Waals surface area contributed by atoms with Crippen LogP contribution in [-0.4, -0.2) is 23.5 Å². The number of amides is 1. The minimum absolute atomic E-state index is 0. The van der Waals surface area contributed by atoms with Crippen molar-refractivity contribution in [1.29, 1.82) is 0 Å². The molecular formula is C15H19Cl4N3O2. The fourth-order valence-corrected chi connectivity index (χ4v) is 2.37. The number of hydrogen-bond acceptors (Lipinski definition) is 4. The molecule has 2 rings (SSSR count). The lowest BCUT2D eigenvalue weighted by Gasteiger charge is -2.10. The van der Waals surface area contributed by atoms with Crippen molar-refractivity contribution in [3.8, 4) is 11.3 Å². The number of nitrogens with one attached hydrogen (secondary N) is 1. The molecule has 0 unspecified atom stereocenters. The standard InChI is InChI=1S/C15H17Cl2N3O2.2ClH/c1-9(7-18)20-14(21)4-5-15-19-8-13(22-15)11-3-2-10(16)6-12(11)17;;/h2-3,6,8-9H,4-5,7,18H2,1H3,(H,20,21);2*1H/t9-;;/m0../s1. The number of aryl methyl sites for hydroxylation is 1. The van der Waals surface area contributed by atoms with Crippen LogP contribution in [0.3, 0.4) is 0 Å². The van der Waals surface area contributed by atoms with Gasteiger partial charge in [0.2, 0.25) is 5.91 Å². The Morgan fingerprint density at radius 2 is 2.08 bits per heavy atom. The summed E-state index contributed by atoms with van der Waals surface area (Å²) in [5.41, 5.74) is 6.17. The lowest BCUT2D eigenvalue weighted by Crippen LogP contribution is -2.37. The molecule has 0 aliphatic rings. The van der Waals surface area contributed by atoms with E-state index in [-0.39, 0.29) is 36.8 Å². The summed E-state index contributed by atoms with van der Waals surface area (Å²) in [5.74, 6) is 0.950. The molecule has 0 fully saturated rings. The third-order valence-electron chi connectivity index (χ3n) is 3.08. The molecule has 2 aromatic rings. The molecule has 0 saturated carbocycles. The van der Waals surface area contributed by atoms with Gasteiger partial charge >= 0.3 is 0 Å². The van der Waals surface area contributed by atoms with Crippen molar-refractivity contribution in [3.05, 3.63) is 40.3 Å². The normalized spacial score (nSPS) is 11.2. The number of halogens is 4. The molecule has 5 nitrogen and oxygen atoms in total. The third kappa shape index (κ3) is 6.49. The zero-order valence-electron chi connectivity index (χ0n) is 12.9. The molecule has 1 atom stereocenters. The topological polar surface area (TPSA) is 81.1 Å². The van der Waals surface area contributed by atoms with Crippen LogP contribution >= 0.6 is 48.0 Å². The lowest BCUT2D eigenvalue weighted by atomic mass is 10.2. The summed E-state index contributed by atoms with van der Waals surface area (Å²) < 4.78 is 5.63. The van der Waals surface area contributed by atoms with Crippen LogP contribution in [0, 0.1) is 0 Å². The highest BCUT2D eigenvalue weighted by Crippen LogP contribution is 2.30. The van der Waals surface area contributed by atoms with E-state index in [0.717, 1.165) is 0 Å². The Morgan fingerprint density at radius 1 is 1.38 bits per heavy atom. The number of aromatic nitrogens is 1. The Balaban J connectivity index is 0.00000264. The largest absolute Gasteiger partial charge is 0.441 e. The summed E-state index contributed by atoms with van der Waals surface area (Å²) in [7, 11) is 0. The molecule has 1 heterocycles. The van der Waals surface area contributed by atoms with Crippen LogP contribution in [-0.2, 0) is 11.2 Å². The van der Waals surface area contributed by atoms with Gasteiger partial charge in [-0.3, -0.25) is 4.79 Å². The van der Waals surface area contributed by atoms with E-state index in [1.807, 2.05) is 6.92 Å². The van der Waals surface area contributed by atoms with Crippen LogP contribution < -0.4 is 11.1 Å². The maximum absolute atomic E-state index is 11.7. The molecule has 1 aromatic heterocycles. The first-order chi connectivity index (χ1) is 10.5. The number of rotatable bonds is 6. The molecule has 9 heteroatoms. The van der Waals surface area contributed by atoms with Gasteiger partial charge in [-0.1, -0.05) is 23.2 Å². The van der Waals surface area contributed by atoms with Crippen molar-refractivity contribution < 1.29 is 9.21 Å². The number of nitrogens with zero attached hydrogens (tertiary/aromatic N) is 1. The van der Waals surface area contributed by atoms with Crippen molar-refractivity contribution in [2.24, 2.45) is 5.73 Å². The zero-order valence-corrected chi connectivity index (χ0v) is 16.1. The van der Waals surface area contributed by atoms with Crippen molar-refractivity contribution in [2.45, 2.75) is 25.8 Å². The van der Waals surface area contributed by atoms with Gasteiger partial charge in [-0.15, -0.1) is 24.8 Å². The van der Waals surface area contributed by atoms with Gasteiger partial charge in [0.25, 0.3) is 0 Å². The summed E-state index contributed by atoms with van der Waals surface area (Å²) in [4.78, 5) is 15.8. The molecule has 0 saturated heterocycles. The molecule has 0 spiro atoms. The monoisotopic (exact) mass is 413 g/mol. The third-order valence-corrected chi connectivity index (χ3v) is 3.62. The van der Waals surface area contributed by atoms with Crippen LogP contribution in [0.15, 0.2) is 28.8 Å². The van der Waals surface area contributed by atoms with E-state index in [1.165, 1.54) is 0 Å². The number of oxazole rings is 1. The second-order valence-corrected chi connectivity index (χ2v) is 5.79. The smallest absolute Gasteiger partial charge is 0.220 e. The number of benzene rings is 1. The quantitative estimate of drug-likeness (QED) is 0.751. The molecule has 1 amide bonds. The number of hydrogen-bond donors (Lipinski definition) is 2. The van der Waals surface area contributed by atoms with Crippen molar-refractivity contribution in [1.82, 2.24) is 10.3 Å². The predicted molar refractivity (Wildman–Crippen MR) is 101 cm³/mol. The highest BCUT2D eigenvalue weighted by Gasteiger charge is 2.12. The molecule has 0 aliphatic heterocycles. The van der Waals surface area contributed by atoms with Crippen molar-refractivity contribution in [2.75, 3.05) is 6.54 Å². The summed E-state index contributed by atoms with van der Waals surface area (Å²) in [6, 6.07) is 5.10. The minimum atomic E-state index is -0.0813. The van der Waals surface area contributed by atoms with Gasteiger partial charge in [0.05, 0.1) is 11.2 Å². The van der Waals surface area contributed by atoms with Crippen LogP contribution in [0.5, 0.6) is 0 Å². The van der Waals surface area contributed by atoms with Gasteiger partial charge in [-0.05, 0) is 25.1 Å². The maximum atomic E-state index is 11.7. The summed E-state index contributed by atoms with van der Waals surface area (Å²) in [6.45, 7) is 2.26. The summed E-state index contributed by atoms with van der Waals surface area (Å²) >= 11 is 12.0. The zero-order chi connectivity index (χ0) is 16.1. The number of carbonyl (C=O) groups excluding carboxylic acids is 1. The second-order valence-electron chi connectivity index (χ2n) is 4.95. The molecular weight excluding hydrogens is 396 g/mol. The molecule has 0 aliphatic carbocycles. The lowest BCUT2D eigenvalue weighted by molar-refractivity contribution is -0.121. The fraction of sp³-hybridized carbons (Fsp3) is 0.333. The predicted octanol–water partition coefficient (Wildman–Crippen LogP) is 3.89. The van der Waals surface area contributed by atoms with Crippen LogP contribution in [0.4, 0.5) is 0 Å². The highest BCUT2D eigenvalue weighted by atomic mass is 35.5. The minimum Gasteiger partial charge on any atom is -0.441 e. The SMILES string of the molecule is C[C@@H](CN)NC(=O)CCc1ncc(-c2ccc(Cl)cc2Cl)o1.Cl.Cl. The van der Waals surface area contributed by atoms with Crippen LogP contribution in [0.2, 0.25) is 10.0 Å². The van der Waals surface area contributed by atoms with Gasteiger partial charge in [0.1, 0.15) is 0 Å². The molecule has 1 aromatic carbocycles. The van der Waals surface area contributed by atoms with Gasteiger partial charge in [0.15, 0.2) is 11.7 Å². The molecule has 3 N–H and O–H groups in total. The van der Waals surface area contributed by atoms with E-state index in [0.29, 0.717) is 46.6 Å². The Kier molecular flexibility index (Phi) is 10.4. The molecule has 134 valence electrons. The number of carbonyl (C=O) groups is 1. The van der Waals surface area contributed by atoms with Gasteiger partial charge in [-0.25, -0.2) is 4.98 Å². The second kappa shape index (κ2) is 10.8. The Bertz CT molecular complexity index is 664. The summed E-state index contributed by atoms with van der Waals surface area (Å²) in [6.07, 6.45) is 2.29. The van der Waals surface area contributed by atoms with Gasteiger partial charge in [-0.2, -0.15) is 0 Å². The van der Waals surface area contributed by atoms with E-state index in [2.05, 4.69) is 10.3 Å². The molecule has 0 radical (unpaired) electrons. The molecule has 0 bridgehead atoms. The van der Waals surface area contributed by atoms with Crippen molar-refractivity contribution in [3.63, 3.8) is 0 Å². The van der Waals surface area contributed by atoms with E-state index in [1.54, 1.807) is 24.4 Å². The average Bonchev–Trinajstić information content (AvgIpc) is 2.93. The van der Waals surface area contributed by atoms with Crippen LogP contribution in [0.25, 0.3) is 11.3 Å². The van der Waals surface area contributed by atoms with Crippen molar-refractivity contribution >= 4 is 53.9 Å². The summed E-state index contributed by atoms with van der Waals surface area (Å²) in [5, 5.41) is 3.83.